The highest BCUT2D eigenvalue weighted by molar-refractivity contribution is 9.10. The number of sulfonamides is 1. The Kier molecular flexibility index (Phi) is 6.39. The van der Waals surface area contributed by atoms with Crippen LogP contribution in [0.5, 0.6) is 0 Å². The van der Waals surface area contributed by atoms with E-state index >= 15 is 0 Å². The number of ether oxygens (including phenoxy) is 1. The second kappa shape index (κ2) is 7.39. The second-order valence-electron chi connectivity index (χ2n) is 4.93. The van der Waals surface area contributed by atoms with E-state index in [4.69, 9.17) is 14.3 Å². The molecule has 0 aromatic carbocycles. The molecule has 0 spiro atoms. The van der Waals surface area contributed by atoms with Crippen LogP contribution in [0.4, 0.5) is 0 Å². The van der Waals surface area contributed by atoms with Gasteiger partial charge in [0, 0.05) is 26.3 Å². The van der Waals surface area contributed by atoms with Crippen molar-refractivity contribution in [3.8, 4) is 0 Å². The highest BCUT2D eigenvalue weighted by Crippen LogP contribution is 2.26. The lowest BCUT2D eigenvalue weighted by molar-refractivity contribution is 0.0640. The van der Waals surface area contributed by atoms with Gasteiger partial charge in [-0.15, -0.1) is 0 Å². The molecule has 0 aliphatic heterocycles. The van der Waals surface area contributed by atoms with E-state index in [1.165, 1.54) is 0 Å². The predicted molar refractivity (Wildman–Crippen MR) is 80.4 cm³/mol. The van der Waals surface area contributed by atoms with Gasteiger partial charge in [-0.3, -0.25) is 4.79 Å². The third-order valence-electron chi connectivity index (χ3n) is 2.61. The lowest BCUT2D eigenvalue weighted by atomic mass is 10.2. The lowest BCUT2D eigenvalue weighted by Crippen LogP contribution is -2.36. The highest BCUT2D eigenvalue weighted by Gasteiger charge is 2.25. The molecule has 0 fully saturated rings. The zero-order chi connectivity index (χ0) is 16.2. The molecule has 0 aliphatic carbocycles. The average Bonchev–Trinajstić information content (AvgIpc) is 2.75. The topological polar surface area (TPSA) is 103 Å². The summed E-state index contributed by atoms with van der Waals surface area (Å²) in [5.74, 6) is -0.235. The maximum absolute atomic E-state index is 12.4. The summed E-state index contributed by atoms with van der Waals surface area (Å²) in [6, 6.07) is 1.13. The number of carbonyl (C=O) groups is 1. The summed E-state index contributed by atoms with van der Waals surface area (Å²) < 4.78 is 32.8. The van der Waals surface area contributed by atoms with Crippen LogP contribution in [0.2, 0.25) is 0 Å². The van der Waals surface area contributed by atoms with Crippen LogP contribution >= 0.6 is 15.9 Å². The number of rotatable bonds is 7. The molecule has 2 N–H and O–H groups in total. The third kappa shape index (κ3) is 5.10. The van der Waals surface area contributed by atoms with Crippen LogP contribution in [0.1, 0.15) is 24.4 Å². The van der Waals surface area contributed by atoms with Crippen LogP contribution in [0.15, 0.2) is 20.0 Å². The van der Waals surface area contributed by atoms with Crippen molar-refractivity contribution in [3.63, 3.8) is 0 Å². The number of nitrogens with zero attached hydrogens (tertiary/aromatic N) is 1. The molecule has 0 saturated carbocycles. The number of primary sulfonamides is 1. The first-order valence-corrected chi connectivity index (χ1v) is 8.61. The summed E-state index contributed by atoms with van der Waals surface area (Å²) in [7, 11) is -2.41. The molecular formula is C12H19BrN2O5S. The van der Waals surface area contributed by atoms with Gasteiger partial charge in [0.25, 0.3) is 5.91 Å². The number of nitrogens with two attached hydrogens (primary N) is 1. The Morgan fingerprint density at radius 3 is 2.57 bits per heavy atom. The quantitative estimate of drug-likeness (QED) is 0.768. The Morgan fingerprint density at radius 1 is 1.52 bits per heavy atom. The molecule has 1 heterocycles. The van der Waals surface area contributed by atoms with Gasteiger partial charge < -0.3 is 14.1 Å². The number of hydrogen-bond acceptors (Lipinski definition) is 5. The van der Waals surface area contributed by atoms with E-state index in [1.807, 2.05) is 13.8 Å². The van der Waals surface area contributed by atoms with E-state index in [-0.39, 0.29) is 21.2 Å². The van der Waals surface area contributed by atoms with E-state index in [0.29, 0.717) is 19.7 Å². The van der Waals surface area contributed by atoms with Gasteiger partial charge in [-0.05, 0) is 21.8 Å². The molecule has 0 aliphatic rings. The molecule has 1 aromatic heterocycles. The van der Waals surface area contributed by atoms with Gasteiger partial charge in [-0.1, -0.05) is 13.8 Å². The summed E-state index contributed by atoms with van der Waals surface area (Å²) in [6.45, 7) is 5.21. The normalized spacial score (nSPS) is 11.9. The van der Waals surface area contributed by atoms with Crippen LogP contribution in [-0.2, 0) is 14.8 Å². The number of furan rings is 1. The zero-order valence-corrected chi connectivity index (χ0v) is 14.5. The van der Waals surface area contributed by atoms with Gasteiger partial charge in [0.15, 0.2) is 10.4 Å². The first kappa shape index (κ1) is 18.1. The van der Waals surface area contributed by atoms with Gasteiger partial charge in [0.2, 0.25) is 10.0 Å². The summed E-state index contributed by atoms with van der Waals surface area (Å²) >= 11 is 2.95. The molecule has 0 atom stereocenters. The molecule has 1 rings (SSSR count). The van der Waals surface area contributed by atoms with E-state index < -0.39 is 15.9 Å². The molecule has 1 amide bonds. The fourth-order valence-corrected chi connectivity index (χ4v) is 3.23. The van der Waals surface area contributed by atoms with Crippen molar-refractivity contribution >= 4 is 31.9 Å². The summed E-state index contributed by atoms with van der Waals surface area (Å²) in [6.07, 6.45) is 0. The maximum Gasteiger partial charge on any atom is 0.289 e. The molecule has 0 bridgehead atoms. The smallest absolute Gasteiger partial charge is 0.289 e. The fraction of sp³-hybridized carbons (Fsp3) is 0.583. The molecule has 120 valence electrons. The average molecular weight is 383 g/mol. The molecule has 1 aromatic rings. The van der Waals surface area contributed by atoms with Crippen molar-refractivity contribution < 1.29 is 22.4 Å². The number of carbonyl (C=O) groups excluding carboxylic acids is 1. The molecule has 7 nitrogen and oxygen atoms in total. The Morgan fingerprint density at radius 2 is 2.14 bits per heavy atom. The Bertz CT molecular complexity index is 597. The standard InChI is InChI=1S/C12H19BrN2O5S/c1-8(2)7-15(4-5-19-3)12(16)9-6-10(11(13)20-9)21(14,17)18/h6,8H,4-5,7H2,1-3H3,(H2,14,17,18). The minimum absolute atomic E-state index is 0.0791. The molecule has 0 saturated heterocycles. The van der Waals surface area contributed by atoms with E-state index in [1.54, 1.807) is 12.0 Å². The summed E-state index contributed by atoms with van der Waals surface area (Å²) in [4.78, 5) is 13.7. The Hall–Kier alpha value is -0.900. The fourth-order valence-electron chi connectivity index (χ4n) is 1.73. The van der Waals surface area contributed by atoms with E-state index in [9.17, 15) is 13.2 Å². The molecular weight excluding hydrogens is 364 g/mol. The van der Waals surface area contributed by atoms with Gasteiger partial charge in [-0.2, -0.15) is 0 Å². The third-order valence-corrected chi connectivity index (χ3v) is 4.38. The van der Waals surface area contributed by atoms with Gasteiger partial charge >= 0.3 is 0 Å². The van der Waals surface area contributed by atoms with Crippen molar-refractivity contribution in [1.29, 1.82) is 0 Å². The summed E-state index contributed by atoms with van der Waals surface area (Å²) in [5.41, 5.74) is 0. The first-order valence-electron chi connectivity index (χ1n) is 6.27. The SMILES string of the molecule is COCCN(CC(C)C)C(=O)c1cc(S(N)(=O)=O)c(Br)o1. The largest absolute Gasteiger partial charge is 0.443 e. The minimum Gasteiger partial charge on any atom is -0.443 e. The predicted octanol–water partition coefficient (Wildman–Crippen LogP) is 1.43. The van der Waals surface area contributed by atoms with E-state index in [2.05, 4.69) is 15.9 Å². The van der Waals surface area contributed by atoms with Crippen LogP contribution in [0.25, 0.3) is 0 Å². The Balaban J connectivity index is 3.03. The van der Waals surface area contributed by atoms with E-state index in [0.717, 1.165) is 6.07 Å². The number of hydrogen-bond donors (Lipinski definition) is 1. The van der Waals surface area contributed by atoms with Crippen molar-refractivity contribution in [2.75, 3.05) is 26.8 Å². The van der Waals surface area contributed by atoms with Gasteiger partial charge in [-0.25, -0.2) is 13.6 Å². The second-order valence-corrected chi connectivity index (χ2v) is 7.18. The lowest BCUT2D eigenvalue weighted by Gasteiger charge is -2.23. The van der Waals surface area contributed by atoms with Crippen molar-refractivity contribution in [3.05, 3.63) is 16.5 Å². The van der Waals surface area contributed by atoms with Crippen LogP contribution in [-0.4, -0.2) is 46.0 Å². The van der Waals surface area contributed by atoms with Crippen molar-refractivity contribution in [1.82, 2.24) is 4.90 Å². The molecule has 21 heavy (non-hydrogen) atoms. The molecule has 9 heteroatoms. The maximum atomic E-state index is 12.4. The first-order chi connectivity index (χ1) is 9.66. The highest BCUT2D eigenvalue weighted by atomic mass is 79.9. The van der Waals surface area contributed by atoms with Crippen molar-refractivity contribution in [2.45, 2.75) is 18.7 Å². The van der Waals surface area contributed by atoms with Gasteiger partial charge in [0.1, 0.15) is 4.90 Å². The van der Waals surface area contributed by atoms with Crippen molar-refractivity contribution in [2.24, 2.45) is 11.1 Å². The van der Waals surface area contributed by atoms with Crippen LogP contribution < -0.4 is 5.14 Å². The monoisotopic (exact) mass is 382 g/mol. The van der Waals surface area contributed by atoms with Gasteiger partial charge in [0.05, 0.1) is 6.61 Å². The molecule has 0 unspecified atom stereocenters. The number of amides is 1. The minimum atomic E-state index is -3.95. The zero-order valence-electron chi connectivity index (χ0n) is 12.1. The number of methoxy groups -OCH3 is 1. The summed E-state index contributed by atoms with van der Waals surface area (Å²) in [5, 5.41) is 5.05. The Labute approximate surface area is 132 Å². The van der Waals surface area contributed by atoms with Crippen LogP contribution in [0, 0.1) is 5.92 Å². The number of halogens is 1. The van der Waals surface area contributed by atoms with Crippen LogP contribution in [0.3, 0.4) is 0 Å². The molecule has 0 radical (unpaired) electrons.